The average molecular weight is 405 g/mol. The Morgan fingerprint density at radius 1 is 1.38 bits per heavy atom. The van der Waals surface area contributed by atoms with Crippen LogP contribution in [-0.2, 0) is 23.7 Å². The summed E-state index contributed by atoms with van der Waals surface area (Å²) >= 11 is 0. The molecule has 0 aromatic rings. The molecule has 0 saturated carbocycles. The second kappa shape index (κ2) is 6.72. The summed E-state index contributed by atoms with van der Waals surface area (Å²) in [5.74, 6) is 0.631. The summed E-state index contributed by atoms with van der Waals surface area (Å²) in [5, 5.41) is 10.7. The van der Waals surface area contributed by atoms with Crippen LogP contribution in [0.2, 0.25) is 0 Å². The maximum Gasteiger partial charge on any atom is 0.343 e. The number of hydrogen-bond acceptors (Lipinski definition) is 7. The zero-order valence-corrected chi connectivity index (χ0v) is 17.6. The molecule has 4 saturated heterocycles. The summed E-state index contributed by atoms with van der Waals surface area (Å²) in [6, 6.07) is 0.377. The molecule has 0 aromatic heterocycles. The van der Waals surface area contributed by atoms with E-state index in [0.717, 1.165) is 38.6 Å². The predicted molar refractivity (Wildman–Crippen MR) is 103 cm³/mol. The van der Waals surface area contributed by atoms with E-state index in [1.165, 1.54) is 0 Å². The van der Waals surface area contributed by atoms with Gasteiger partial charge in [0.2, 0.25) is 11.5 Å². The van der Waals surface area contributed by atoms with E-state index >= 15 is 0 Å². The Kier molecular flexibility index (Phi) is 4.50. The number of aliphatic hydroxyl groups is 1. The Morgan fingerprint density at radius 3 is 2.90 bits per heavy atom. The maximum atomic E-state index is 12.1. The summed E-state index contributed by atoms with van der Waals surface area (Å²) in [6.07, 6.45) is 4.22. The van der Waals surface area contributed by atoms with Crippen molar-refractivity contribution < 1.29 is 28.8 Å². The number of esters is 1. The number of piperidine rings is 1. The number of ether oxygens (including phenoxy) is 4. The van der Waals surface area contributed by atoms with Crippen LogP contribution in [0.4, 0.5) is 0 Å². The number of aliphatic hydroxyl groups excluding tert-OH is 1. The fourth-order valence-electron chi connectivity index (χ4n) is 6.40. The first-order valence-electron chi connectivity index (χ1n) is 10.9. The highest BCUT2D eigenvalue weighted by Crippen LogP contribution is 2.59. The van der Waals surface area contributed by atoms with Gasteiger partial charge in [-0.05, 0) is 39.2 Å². The molecule has 0 amide bonds. The van der Waals surface area contributed by atoms with E-state index in [-0.39, 0.29) is 42.1 Å². The lowest BCUT2D eigenvalue weighted by molar-refractivity contribution is -0.213. The van der Waals surface area contributed by atoms with Crippen LogP contribution in [0.5, 0.6) is 0 Å². The molecule has 7 nitrogen and oxygen atoms in total. The van der Waals surface area contributed by atoms with E-state index < -0.39 is 5.79 Å². The molecular formula is C22H31NO6. The van der Waals surface area contributed by atoms with Gasteiger partial charge in [-0.2, -0.15) is 0 Å². The third-order valence-corrected chi connectivity index (χ3v) is 7.68. The van der Waals surface area contributed by atoms with Crippen LogP contribution in [0, 0.1) is 11.8 Å². The normalized spacial score (nSPS) is 45.0. The molecule has 5 rings (SSSR count). The highest BCUT2D eigenvalue weighted by atomic mass is 16.7. The van der Waals surface area contributed by atoms with E-state index in [1.807, 2.05) is 6.92 Å². The van der Waals surface area contributed by atoms with E-state index in [1.54, 1.807) is 14.0 Å². The minimum atomic E-state index is -0.681. The second-order valence-corrected chi connectivity index (χ2v) is 9.08. The smallest absolute Gasteiger partial charge is 0.343 e. The molecule has 7 atom stereocenters. The average Bonchev–Trinajstić information content (AvgIpc) is 3.23. The summed E-state index contributed by atoms with van der Waals surface area (Å²) in [7, 11) is 1.55. The second-order valence-electron chi connectivity index (χ2n) is 9.08. The Bertz CT molecular complexity index is 790. The minimum absolute atomic E-state index is 0.0296. The number of carbonyl (C=O) groups is 1. The van der Waals surface area contributed by atoms with Crippen LogP contribution in [0.25, 0.3) is 0 Å². The third-order valence-electron chi connectivity index (χ3n) is 7.68. The van der Waals surface area contributed by atoms with Gasteiger partial charge in [-0.1, -0.05) is 13.8 Å². The standard InChI is InChI=1S/C22H31NO6/c1-5-14(24)13-7-8-15-17-16-11(2)19(20-18(26-4)12(3)21(25)27-20)29-22(16,28-15)9-6-10-23(13)17/h11,13-17,24H,5-10H2,1-4H3/b20-19+/t11-,13+,14+,15+,16+,17-,22+/m0/s1. The van der Waals surface area contributed by atoms with E-state index in [9.17, 15) is 9.90 Å². The number of methoxy groups -OCH3 is 1. The van der Waals surface area contributed by atoms with Crippen molar-refractivity contribution in [2.45, 2.75) is 83.0 Å². The molecule has 160 valence electrons. The molecule has 5 aliphatic rings. The van der Waals surface area contributed by atoms with E-state index in [0.29, 0.717) is 22.9 Å². The van der Waals surface area contributed by atoms with Crippen LogP contribution in [-0.4, -0.2) is 59.7 Å². The SMILES string of the molecule is CC[C@@H](O)[C@H]1CC[C@H]2O[C@@]34CCCN1[C@@H]2[C@H]3[C@H](C)/C(=C1\OC(=O)C(C)=C1OC)O4. The Morgan fingerprint density at radius 2 is 2.17 bits per heavy atom. The van der Waals surface area contributed by atoms with Crippen LogP contribution in [0.1, 0.15) is 52.9 Å². The van der Waals surface area contributed by atoms with E-state index in [4.69, 9.17) is 18.9 Å². The van der Waals surface area contributed by atoms with Crippen molar-refractivity contribution in [3.63, 3.8) is 0 Å². The van der Waals surface area contributed by atoms with Gasteiger partial charge in [0, 0.05) is 24.4 Å². The molecule has 29 heavy (non-hydrogen) atoms. The van der Waals surface area contributed by atoms with Gasteiger partial charge in [-0.3, -0.25) is 4.90 Å². The van der Waals surface area contributed by atoms with Gasteiger partial charge in [0.1, 0.15) is 5.76 Å². The first-order valence-corrected chi connectivity index (χ1v) is 10.9. The van der Waals surface area contributed by atoms with Crippen molar-refractivity contribution in [3.8, 4) is 0 Å². The Labute approximate surface area is 171 Å². The quantitative estimate of drug-likeness (QED) is 0.723. The molecule has 0 spiro atoms. The largest absolute Gasteiger partial charge is 0.492 e. The van der Waals surface area contributed by atoms with Gasteiger partial charge in [-0.25, -0.2) is 4.79 Å². The fourth-order valence-corrected chi connectivity index (χ4v) is 6.40. The zero-order valence-electron chi connectivity index (χ0n) is 17.6. The van der Waals surface area contributed by atoms with Gasteiger partial charge in [0.05, 0.1) is 30.8 Å². The first kappa shape index (κ1) is 19.4. The van der Waals surface area contributed by atoms with Gasteiger partial charge >= 0.3 is 5.97 Å². The molecule has 0 aromatic carbocycles. The molecule has 0 unspecified atom stereocenters. The van der Waals surface area contributed by atoms with Gasteiger partial charge in [-0.15, -0.1) is 0 Å². The summed E-state index contributed by atoms with van der Waals surface area (Å²) in [5.41, 5.74) is 0.466. The number of rotatable bonds is 3. The zero-order chi connectivity index (χ0) is 20.5. The molecule has 2 bridgehead atoms. The minimum Gasteiger partial charge on any atom is -0.492 e. The van der Waals surface area contributed by atoms with Crippen molar-refractivity contribution in [2.75, 3.05) is 13.7 Å². The molecule has 1 N–H and O–H groups in total. The first-order chi connectivity index (χ1) is 13.9. The number of allylic oxidation sites excluding steroid dienone is 1. The number of nitrogens with zero attached hydrogens (tertiary/aromatic N) is 1. The fraction of sp³-hybridized carbons (Fsp3) is 0.773. The summed E-state index contributed by atoms with van der Waals surface area (Å²) < 4.78 is 24.2. The monoisotopic (exact) mass is 405 g/mol. The lowest BCUT2D eigenvalue weighted by atomic mass is 9.77. The van der Waals surface area contributed by atoms with E-state index in [2.05, 4.69) is 11.8 Å². The number of carbonyl (C=O) groups excluding carboxylic acids is 1. The van der Waals surface area contributed by atoms with Crippen molar-refractivity contribution in [1.82, 2.24) is 4.90 Å². The lowest BCUT2D eigenvalue weighted by Gasteiger charge is -2.46. The lowest BCUT2D eigenvalue weighted by Crippen LogP contribution is -2.58. The van der Waals surface area contributed by atoms with Crippen molar-refractivity contribution >= 4 is 5.97 Å². The molecule has 4 fully saturated rings. The Balaban J connectivity index is 1.55. The molecule has 7 heteroatoms. The van der Waals surface area contributed by atoms with Crippen LogP contribution < -0.4 is 0 Å². The van der Waals surface area contributed by atoms with Crippen molar-refractivity contribution in [3.05, 3.63) is 22.9 Å². The van der Waals surface area contributed by atoms with Crippen molar-refractivity contribution in [1.29, 1.82) is 0 Å². The third kappa shape index (κ3) is 2.56. The molecule has 0 aliphatic carbocycles. The van der Waals surface area contributed by atoms with Gasteiger partial charge < -0.3 is 24.1 Å². The van der Waals surface area contributed by atoms with Crippen LogP contribution >= 0.6 is 0 Å². The van der Waals surface area contributed by atoms with Crippen molar-refractivity contribution in [2.24, 2.45) is 11.8 Å². The predicted octanol–water partition coefficient (Wildman–Crippen LogP) is 2.45. The number of hydrogen-bond donors (Lipinski definition) is 1. The molecule has 0 radical (unpaired) electrons. The topological polar surface area (TPSA) is 77.5 Å². The molecule has 5 aliphatic heterocycles. The molecular weight excluding hydrogens is 374 g/mol. The Hall–Kier alpha value is -1.57. The maximum absolute atomic E-state index is 12.1. The van der Waals surface area contributed by atoms with Gasteiger partial charge in [0.15, 0.2) is 5.76 Å². The molecule has 5 heterocycles. The highest BCUT2D eigenvalue weighted by Gasteiger charge is 2.68. The van der Waals surface area contributed by atoms with Crippen LogP contribution in [0.3, 0.4) is 0 Å². The number of cyclic esters (lactones) is 1. The summed E-state index contributed by atoms with van der Waals surface area (Å²) in [6.45, 7) is 6.85. The van der Waals surface area contributed by atoms with Crippen LogP contribution in [0.15, 0.2) is 22.9 Å². The highest BCUT2D eigenvalue weighted by molar-refractivity contribution is 5.93. The van der Waals surface area contributed by atoms with Gasteiger partial charge in [0.25, 0.3) is 0 Å². The summed E-state index contributed by atoms with van der Waals surface area (Å²) in [4.78, 5) is 14.6.